The molecule has 7 nitrogen and oxygen atoms in total. The van der Waals surface area contributed by atoms with Gasteiger partial charge in [0, 0.05) is 18.2 Å². The zero-order chi connectivity index (χ0) is 15.7. The highest BCUT2D eigenvalue weighted by atomic mass is 16.5. The average molecular weight is 303 g/mol. The molecule has 1 aliphatic rings. The Balaban J connectivity index is 2.04. The maximum Gasteiger partial charge on any atom is 0.351 e. The van der Waals surface area contributed by atoms with Gasteiger partial charge in [-0.3, -0.25) is 4.57 Å². The van der Waals surface area contributed by atoms with Gasteiger partial charge >= 0.3 is 5.69 Å². The molecular weight excluding hydrogens is 286 g/mol. The highest BCUT2D eigenvalue weighted by Crippen LogP contribution is 2.30. The average Bonchev–Trinajstić information content (AvgIpc) is 2.89. The summed E-state index contributed by atoms with van der Waals surface area (Å²) in [6, 6.07) is 9.29. The fourth-order valence-corrected chi connectivity index (χ4v) is 2.60. The third-order valence-electron chi connectivity index (χ3n) is 3.71. The number of hydrogen-bond acceptors (Lipinski definition) is 6. The highest BCUT2D eigenvalue weighted by Gasteiger charge is 2.35. The number of nitrogens with two attached hydrogens (primary N) is 1. The van der Waals surface area contributed by atoms with Crippen molar-refractivity contribution in [2.75, 3.05) is 12.3 Å². The number of aliphatic hydroxyl groups excluding tert-OH is 2. The molecule has 0 spiro atoms. The minimum atomic E-state index is -0.885. The second-order valence-electron chi connectivity index (χ2n) is 5.23. The van der Waals surface area contributed by atoms with Crippen molar-refractivity contribution in [3.8, 4) is 11.1 Å². The second-order valence-corrected chi connectivity index (χ2v) is 5.23. The normalized spacial score (nSPS) is 24.5. The number of aromatic nitrogens is 2. The Bertz CT molecular complexity index is 716. The molecule has 22 heavy (non-hydrogen) atoms. The first-order chi connectivity index (χ1) is 10.6. The minimum absolute atomic E-state index is 0.124. The fraction of sp³-hybridized carbons (Fsp3) is 0.333. The first-order valence-corrected chi connectivity index (χ1v) is 6.98. The molecule has 1 fully saturated rings. The Morgan fingerprint density at radius 3 is 2.73 bits per heavy atom. The van der Waals surface area contributed by atoms with E-state index in [1.54, 1.807) is 0 Å². The molecule has 1 aromatic carbocycles. The molecule has 4 N–H and O–H groups in total. The Hall–Kier alpha value is -2.22. The lowest BCUT2D eigenvalue weighted by Gasteiger charge is -2.18. The molecule has 0 radical (unpaired) electrons. The van der Waals surface area contributed by atoms with Gasteiger partial charge in [-0.2, -0.15) is 4.98 Å². The molecule has 1 aromatic heterocycles. The van der Waals surface area contributed by atoms with E-state index in [9.17, 15) is 9.90 Å². The van der Waals surface area contributed by atoms with E-state index in [0.29, 0.717) is 5.56 Å². The van der Waals surface area contributed by atoms with Crippen molar-refractivity contribution >= 4 is 5.82 Å². The van der Waals surface area contributed by atoms with Crippen molar-refractivity contribution in [1.82, 2.24) is 9.55 Å². The van der Waals surface area contributed by atoms with Gasteiger partial charge in [0.25, 0.3) is 0 Å². The van der Waals surface area contributed by atoms with Gasteiger partial charge in [-0.25, -0.2) is 4.79 Å². The summed E-state index contributed by atoms with van der Waals surface area (Å²) in [6.45, 7) is -0.212. The van der Waals surface area contributed by atoms with E-state index in [4.69, 9.17) is 15.6 Å². The summed E-state index contributed by atoms with van der Waals surface area (Å²) in [4.78, 5) is 15.9. The van der Waals surface area contributed by atoms with Crippen LogP contribution in [0.5, 0.6) is 0 Å². The van der Waals surface area contributed by atoms with E-state index in [0.717, 1.165) is 5.56 Å². The van der Waals surface area contributed by atoms with Crippen LogP contribution in [0.1, 0.15) is 12.6 Å². The number of benzene rings is 1. The van der Waals surface area contributed by atoms with E-state index >= 15 is 0 Å². The van der Waals surface area contributed by atoms with E-state index in [2.05, 4.69) is 4.98 Å². The minimum Gasteiger partial charge on any atom is -0.394 e. The molecule has 2 aromatic rings. The summed E-state index contributed by atoms with van der Waals surface area (Å²) < 4.78 is 6.72. The molecule has 2 heterocycles. The predicted molar refractivity (Wildman–Crippen MR) is 80.0 cm³/mol. The lowest BCUT2D eigenvalue weighted by molar-refractivity contribution is -0.0528. The van der Waals surface area contributed by atoms with Crippen LogP contribution < -0.4 is 11.4 Å². The van der Waals surface area contributed by atoms with Gasteiger partial charge < -0.3 is 20.7 Å². The second kappa shape index (κ2) is 5.88. The summed E-state index contributed by atoms with van der Waals surface area (Å²) in [7, 11) is 0. The fourth-order valence-electron chi connectivity index (χ4n) is 2.60. The lowest BCUT2D eigenvalue weighted by atomic mass is 10.1. The lowest BCUT2D eigenvalue weighted by Crippen LogP contribution is -2.32. The van der Waals surface area contributed by atoms with Crippen LogP contribution in [0, 0.1) is 0 Å². The molecule has 0 amide bonds. The Kier molecular flexibility index (Phi) is 3.93. The van der Waals surface area contributed by atoms with Crippen LogP contribution >= 0.6 is 0 Å². The number of nitrogen functional groups attached to an aromatic ring is 1. The Labute approximate surface area is 126 Å². The molecule has 3 rings (SSSR count). The van der Waals surface area contributed by atoms with Gasteiger partial charge in [0.05, 0.1) is 12.7 Å². The molecule has 116 valence electrons. The van der Waals surface area contributed by atoms with Gasteiger partial charge in [0.2, 0.25) is 0 Å². The number of nitrogens with zero attached hydrogens (tertiary/aromatic N) is 2. The van der Waals surface area contributed by atoms with E-state index in [-0.39, 0.29) is 18.8 Å². The number of anilines is 1. The number of ether oxygens (including phenoxy) is 1. The van der Waals surface area contributed by atoms with Crippen molar-refractivity contribution in [2.24, 2.45) is 0 Å². The molecule has 3 atom stereocenters. The summed E-state index contributed by atoms with van der Waals surface area (Å²) >= 11 is 0. The zero-order valence-electron chi connectivity index (χ0n) is 11.8. The highest BCUT2D eigenvalue weighted by molar-refractivity contribution is 5.72. The third-order valence-corrected chi connectivity index (χ3v) is 3.71. The van der Waals surface area contributed by atoms with Crippen molar-refractivity contribution in [3.63, 3.8) is 0 Å². The maximum absolute atomic E-state index is 12.1. The Morgan fingerprint density at radius 1 is 1.36 bits per heavy atom. The maximum atomic E-state index is 12.1. The van der Waals surface area contributed by atoms with Crippen molar-refractivity contribution < 1.29 is 14.9 Å². The monoisotopic (exact) mass is 303 g/mol. The van der Waals surface area contributed by atoms with E-state index in [1.165, 1.54) is 10.8 Å². The van der Waals surface area contributed by atoms with Crippen LogP contribution in [0.4, 0.5) is 5.82 Å². The first kappa shape index (κ1) is 14.7. The standard InChI is InChI=1S/C15H17N3O4/c16-13-11(9-4-2-1-3-5-9)7-18(15(21)17-13)14-12(20)6-10(8-19)22-14/h1-5,7,10,12,14,19-20H,6,8H2,(H2,16,17,21)/t10-,12?,14+/m0/s1. The van der Waals surface area contributed by atoms with Crippen molar-refractivity contribution in [3.05, 3.63) is 47.0 Å². The van der Waals surface area contributed by atoms with Crippen molar-refractivity contribution in [1.29, 1.82) is 0 Å². The molecule has 0 aliphatic carbocycles. The predicted octanol–water partition coefficient (Wildman–Crippen LogP) is 0.133. The molecule has 0 saturated carbocycles. The number of hydrogen-bond donors (Lipinski definition) is 3. The number of rotatable bonds is 3. The van der Waals surface area contributed by atoms with Gasteiger partial charge in [-0.1, -0.05) is 30.3 Å². The van der Waals surface area contributed by atoms with Crippen molar-refractivity contribution in [2.45, 2.75) is 24.9 Å². The summed E-state index contributed by atoms with van der Waals surface area (Å²) in [5, 5.41) is 19.2. The van der Waals surface area contributed by atoms with Crippen LogP contribution in [0.25, 0.3) is 11.1 Å². The summed E-state index contributed by atoms with van der Waals surface area (Å²) in [5.41, 5.74) is 6.64. The van der Waals surface area contributed by atoms with E-state index in [1.807, 2.05) is 30.3 Å². The zero-order valence-corrected chi connectivity index (χ0v) is 11.8. The molecule has 1 saturated heterocycles. The van der Waals surface area contributed by atoms with Crippen LogP contribution in [0.2, 0.25) is 0 Å². The first-order valence-electron chi connectivity index (χ1n) is 6.98. The van der Waals surface area contributed by atoms with Crippen LogP contribution in [-0.2, 0) is 4.74 Å². The molecule has 7 heteroatoms. The van der Waals surface area contributed by atoms with Gasteiger partial charge in [-0.05, 0) is 5.56 Å². The molecule has 1 unspecified atom stereocenters. The van der Waals surface area contributed by atoms with Gasteiger partial charge in [0.1, 0.15) is 11.9 Å². The third kappa shape index (κ3) is 2.61. The summed E-state index contributed by atoms with van der Waals surface area (Å²) in [5.74, 6) is 0.124. The van der Waals surface area contributed by atoms with Gasteiger partial charge in [-0.15, -0.1) is 0 Å². The Morgan fingerprint density at radius 2 is 2.09 bits per heavy atom. The molecular formula is C15H17N3O4. The quantitative estimate of drug-likeness (QED) is 0.743. The summed E-state index contributed by atoms with van der Waals surface area (Å²) in [6.07, 6.45) is -0.458. The van der Waals surface area contributed by atoms with Crippen LogP contribution in [0.15, 0.2) is 41.3 Å². The smallest absolute Gasteiger partial charge is 0.351 e. The largest absolute Gasteiger partial charge is 0.394 e. The SMILES string of the molecule is Nc1nc(=O)n([C@@H]2O[C@H](CO)CC2O)cc1-c1ccccc1. The van der Waals surface area contributed by atoms with Crippen LogP contribution in [0.3, 0.4) is 0 Å². The van der Waals surface area contributed by atoms with E-state index < -0.39 is 24.1 Å². The van der Waals surface area contributed by atoms with Crippen LogP contribution in [-0.4, -0.2) is 38.6 Å². The number of aliphatic hydroxyl groups is 2. The molecule has 1 aliphatic heterocycles. The van der Waals surface area contributed by atoms with Gasteiger partial charge in [0.15, 0.2) is 6.23 Å². The topological polar surface area (TPSA) is 111 Å². The molecule has 0 bridgehead atoms.